The van der Waals surface area contributed by atoms with Gasteiger partial charge in [0.05, 0.1) is 12.2 Å². The summed E-state index contributed by atoms with van der Waals surface area (Å²) in [6.07, 6.45) is 4.50. The maximum absolute atomic E-state index is 12.7. The molecule has 0 aliphatic heterocycles. The van der Waals surface area contributed by atoms with Crippen molar-refractivity contribution in [2.45, 2.75) is 39.5 Å². The summed E-state index contributed by atoms with van der Waals surface area (Å²) in [5.74, 6) is 0.382. The Morgan fingerprint density at radius 1 is 1.16 bits per heavy atom. The van der Waals surface area contributed by atoms with Crippen LogP contribution >= 0.6 is 27.5 Å². The van der Waals surface area contributed by atoms with Gasteiger partial charge in [-0.1, -0.05) is 59.8 Å². The van der Waals surface area contributed by atoms with Crippen LogP contribution in [0, 0.1) is 6.92 Å². The fraction of sp³-hybridized carbons (Fsp3) is 0.350. The van der Waals surface area contributed by atoms with Gasteiger partial charge in [-0.3, -0.25) is 4.79 Å². The van der Waals surface area contributed by atoms with Crippen molar-refractivity contribution in [1.29, 1.82) is 0 Å². The standard InChI is InChI=1S/C20H23BrClNO2/c1-3-4-5-6-11-25-19-10-8-15(21)12-17(19)20(24)23-18-13-16(22)9-7-14(18)2/h7-10,12-13H,3-6,11H2,1-2H3,(H,23,24). The van der Waals surface area contributed by atoms with Crippen LogP contribution in [0.2, 0.25) is 5.02 Å². The fourth-order valence-electron chi connectivity index (χ4n) is 2.44. The SMILES string of the molecule is CCCCCCOc1ccc(Br)cc1C(=O)Nc1cc(Cl)ccc1C. The molecule has 0 spiro atoms. The molecule has 5 heteroatoms. The molecule has 0 fully saturated rings. The average Bonchev–Trinajstić information content (AvgIpc) is 2.59. The van der Waals surface area contributed by atoms with Crippen LogP contribution in [0.25, 0.3) is 0 Å². The van der Waals surface area contributed by atoms with Gasteiger partial charge in [0, 0.05) is 15.2 Å². The summed E-state index contributed by atoms with van der Waals surface area (Å²) >= 11 is 9.45. The summed E-state index contributed by atoms with van der Waals surface area (Å²) in [6.45, 7) is 4.71. The van der Waals surface area contributed by atoms with Gasteiger partial charge in [-0.2, -0.15) is 0 Å². The van der Waals surface area contributed by atoms with Crippen LogP contribution in [0.3, 0.4) is 0 Å². The Bertz CT molecular complexity index is 734. The number of carbonyl (C=O) groups is 1. The predicted octanol–water partition coefficient (Wildman–Crippen LogP) is 6.62. The highest BCUT2D eigenvalue weighted by atomic mass is 79.9. The summed E-state index contributed by atoms with van der Waals surface area (Å²) in [4.78, 5) is 12.7. The molecule has 0 atom stereocenters. The number of nitrogens with one attached hydrogen (secondary N) is 1. The summed E-state index contributed by atoms with van der Waals surface area (Å²) in [7, 11) is 0. The molecule has 2 aromatic carbocycles. The molecular weight excluding hydrogens is 402 g/mol. The number of ether oxygens (including phenoxy) is 1. The van der Waals surface area contributed by atoms with Gasteiger partial charge < -0.3 is 10.1 Å². The lowest BCUT2D eigenvalue weighted by molar-refractivity contribution is 0.102. The van der Waals surface area contributed by atoms with Crippen LogP contribution in [-0.2, 0) is 0 Å². The molecule has 1 amide bonds. The van der Waals surface area contributed by atoms with Gasteiger partial charge in [-0.05, 0) is 49.2 Å². The second-order valence-corrected chi connectivity index (χ2v) is 7.32. The highest BCUT2D eigenvalue weighted by Gasteiger charge is 2.15. The van der Waals surface area contributed by atoms with Crippen LogP contribution in [0.15, 0.2) is 40.9 Å². The third kappa shape index (κ3) is 6.05. The maximum atomic E-state index is 12.7. The zero-order valence-corrected chi connectivity index (χ0v) is 16.9. The van der Waals surface area contributed by atoms with Crippen molar-refractivity contribution in [3.8, 4) is 5.75 Å². The smallest absolute Gasteiger partial charge is 0.259 e. The van der Waals surface area contributed by atoms with E-state index >= 15 is 0 Å². The zero-order valence-electron chi connectivity index (χ0n) is 14.6. The molecule has 134 valence electrons. The van der Waals surface area contributed by atoms with E-state index < -0.39 is 0 Å². The van der Waals surface area contributed by atoms with Crippen LogP contribution in [0.4, 0.5) is 5.69 Å². The van der Waals surface area contributed by atoms with E-state index in [2.05, 4.69) is 28.2 Å². The van der Waals surface area contributed by atoms with Crippen LogP contribution < -0.4 is 10.1 Å². The summed E-state index contributed by atoms with van der Waals surface area (Å²) < 4.78 is 6.68. The van der Waals surface area contributed by atoms with Crippen LogP contribution in [0.5, 0.6) is 5.75 Å². The average molecular weight is 425 g/mol. The van der Waals surface area contributed by atoms with Gasteiger partial charge in [0.15, 0.2) is 0 Å². The molecule has 2 rings (SSSR count). The monoisotopic (exact) mass is 423 g/mol. The number of anilines is 1. The lowest BCUT2D eigenvalue weighted by Crippen LogP contribution is -2.15. The Morgan fingerprint density at radius 3 is 2.72 bits per heavy atom. The van der Waals surface area contributed by atoms with Crippen molar-refractivity contribution in [3.63, 3.8) is 0 Å². The lowest BCUT2D eigenvalue weighted by atomic mass is 10.1. The molecule has 1 N–H and O–H groups in total. The minimum absolute atomic E-state index is 0.213. The molecule has 0 heterocycles. The van der Waals surface area contributed by atoms with E-state index in [1.54, 1.807) is 18.2 Å². The van der Waals surface area contributed by atoms with Crippen molar-refractivity contribution < 1.29 is 9.53 Å². The molecule has 3 nitrogen and oxygen atoms in total. The van der Waals surface area contributed by atoms with Gasteiger partial charge in [-0.15, -0.1) is 0 Å². The zero-order chi connectivity index (χ0) is 18.2. The van der Waals surface area contributed by atoms with Crippen LogP contribution in [0.1, 0.15) is 48.5 Å². The highest BCUT2D eigenvalue weighted by molar-refractivity contribution is 9.10. The third-order valence-electron chi connectivity index (χ3n) is 3.89. The van der Waals surface area contributed by atoms with E-state index in [-0.39, 0.29) is 5.91 Å². The lowest BCUT2D eigenvalue weighted by Gasteiger charge is -2.13. The molecule has 0 radical (unpaired) electrons. The van der Waals surface area contributed by atoms with E-state index in [0.717, 1.165) is 22.9 Å². The first-order valence-corrected chi connectivity index (χ1v) is 9.68. The quantitative estimate of drug-likeness (QED) is 0.483. The number of amides is 1. The number of hydrogen-bond acceptors (Lipinski definition) is 2. The molecule has 25 heavy (non-hydrogen) atoms. The highest BCUT2D eigenvalue weighted by Crippen LogP contribution is 2.26. The van der Waals surface area contributed by atoms with Gasteiger partial charge in [0.25, 0.3) is 5.91 Å². The number of hydrogen-bond donors (Lipinski definition) is 1. The fourth-order valence-corrected chi connectivity index (χ4v) is 2.97. The molecule has 2 aromatic rings. The Morgan fingerprint density at radius 2 is 1.96 bits per heavy atom. The van der Waals surface area contributed by atoms with Crippen molar-refractivity contribution >= 4 is 39.1 Å². The minimum Gasteiger partial charge on any atom is -0.493 e. The van der Waals surface area contributed by atoms with Crippen molar-refractivity contribution in [1.82, 2.24) is 0 Å². The maximum Gasteiger partial charge on any atom is 0.259 e. The number of rotatable bonds is 8. The van der Waals surface area contributed by atoms with E-state index in [9.17, 15) is 4.79 Å². The number of unbranched alkanes of at least 4 members (excludes halogenated alkanes) is 3. The van der Waals surface area contributed by atoms with Crippen molar-refractivity contribution in [2.75, 3.05) is 11.9 Å². The topological polar surface area (TPSA) is 38.3 Å². The number of benzene rings is 2. The molecular formula is C20H23BrClNO2. The number of aryl methyl sites for hydroxylation is 1. The van der Waals surface area contributed by atoms with E-state index in [0.29, 0.717) is 28.6 Å². The number of halogens is 2. The Hall–Kier alpha value is -1.52. The Kier molecular flexibility index (Phi) is 7.79. The summed E-state index contributed by atoms with van der Waals surface area (Å²) in [5.41, 5.74) is 2.16. The summed E-state index contributed by atoms with van der Waals surface area (Å²) in [5, 5.41) is 3.51. The van der Waals surface area contributed by atoms with Crippen molar-refractivity contribution in [3.05, 3.63) is 57.0 Å². The Balaban J connectivity index is 2.12. The van der Waals surface area contributed by atoms with E-state index in [1.807, 2.05) is 25.1 Å². The molecule has 0 saturated heterocycles. The van der Waals surface area contributed by atoms with Gasteiger partial charge in [0.1, 0.15) is 5.75 Å². The molecule has 0 bridgehead atoms. The largest absolute Gasteiger partial charge is 0.493 e. The predicted molar refractivity (Wildman–Crippen MR) is 108 cm³/mol. The van der Waals surface area contributed by atoms with Crippen LogP contribution in [-0.4, -0.2) is 12.5 Å². The first-order valence-electron chi connectivity index (χ1n) is 8.51. The van der Waals surface area contributed by atoms with Gasteiger partial charge in [-0.25, -0.2) is 0 Å². The van der Waals surface area contributed by atoms with E-state index in [1.165, 1.54) is 12.8 Å². The Labute approximate surface area is 162 Å². The molecule has 0 saturated carbocycles. The number of carbonyl (C=O) groups excluding carboxylic acids is 1. The molecule has 0 aliphatic carbocycles. The minimum atomic E-state index is -0.213. The second-order valence-electron chi connectivity index (χ2n) is 5.96. The molecule has 0 aliphatic rings. The first-order chi connectivity index (χ1) is 12.0. The second kappa shape index (κ2) is 9.83. The van der Waals surface area contributed by atoms with E-state index in [4.69, 9.17) is 16.3 Å². The normalized spacial score (nSPS) is 10.6. The summed E-state index contributed by atoms with van der Waals surface area (Å²) in [6, 6.07) is 10.9. The molecule has 0 aromatic heterocycles. The molecule has 0 unspecified atom stereocenters. The van der Waals surface area contributed by atoms with Gasteiger partial charge >= 0.3 is 0 Å². The van der Waals surface area contributed by atoms with Gasteiger partial charge in [0.2, 0.25) is 0 Å². The third-order valence-corrected chi connectivity index (χ3v) is 4.62. The van der Waals surface area contributed by atoms with Crippen molar-refractivity contribution in [2.24, 2.45) is 0 Å². The first kappa shape index (κ1) is 19.8.